The Balaban J connectivity index is 1.84. The minimum absolute atomic E-state index is 0.0593. The topological polar surface area (TPSA) is 70.2 Å². The lowest BCUT2D eigenvalue weighted by Gasteiger charge is -2.19. The summed E-state index contributed by atoms with van der Waals surface area (Å²) in [6.07, 6.45) is 1.81. The zero-order valence-corrected chi connectivity index (χ0v) is 15.6. The van der Waals surface area contributed by atoms with Gasteiger partial charge in [0, 0.05) is 24.3 Å². The molecular formula is C21H27N3O2. The van der Waals surface area contributed by atoms with Crippen molar-refractivity contribution in [3.05, 3.63) is 65.7 Å². The Bertz CT molecular complexity index is 731. The molecule has 0 aliphatic rings. The molecule has 2 aromatic carbocycles. The fourth-order valence-corrected chi connectivity index (χ4v) is 2.68. The quantitative estimate of drug-likeness (QED) is 0.683. The molecule has 2 aromatic rings. The van der Waals surface area contributed by atoms with Gasteiger partial charge < -0.3 is 16.0 Å². The van der Waals surface area contributed by atoms with E-state index in [0.717, 1.165) is 18.5 Å². The number of hydrogen-bond acceptors (Lipinski definition) is 3. The molecule has 0 saturated carbocycles. The lowest BCUT2D eigenvalue weighted by molar-refractivity contribution is -0.122. The highest BCUT2D eigenvalue weighted by molar-refractivity contribution is 5.95. The molecule has 2 rings (SSSR count). The molecule has 0 fully saturated rings. The van der Waals surface area contributed by atoms with Crippen LogP contribution in [-0.2, 0) is 11.2 Å². The highest BCUT2D eigenvalue weighted by Crippen LogP contribution is 2.12. The number of amides is 2. The van der Waals surface area contributed by atoms with E-state index in [1.165, 1.54) is 5.56 Å². The Kier molecular flexibility index (Phi) is 7.21. The van der Waals surface area contributed by atoms with E-state index in [1.54, 1.807) is 25.2 Å². The standard InChI is InChI=1S/C21H27N3O2/c1-15(12-13-17-8-5-4-6-9-17)23-20(25)16(2)24-19-11-7-10-18(14-19)21(26)22-3/h4-11,14-16,24H,12-13H2,1-3H3,(H,22,26)(H,23,25)/t15-,16+/m0/s1. The summed E-state index contributed by atoms with van der Waals surface area (Å²) in [7, 11) is 1.59. The van der Waals surface area contributed by atoms with E-state index in [2.05, 4.69) is 28.1 Å². The molecule has 0 heterocycles. The molecule has 0 aromatic heterocycles. The van der Waals surface area contributed by atoms with Crippen LogP contribution in [0.3, 0.4) is 0 Å². The van der Waals surface area contributed by atoms with Crippen molar-refractivity contribution in [1.29, 1.82) is 0 Å². The smallest absolute Gasteiger partial charge is 0.251 e. The van der Waals surface area contributed by atoms with Gasteiger partial charge in [0.1, 0.15) is 6.04 Å². The van der Waals surface area contributed by atoms with Crippen LogP contribution < -0.4 is 16.0 Å². The van der Waals surface area contributed by atoms with E-state index in [0.29, 0.717) is 5.56 Å². The van der Waals surface area contributed by atoms with Gasteiger partial charge in [0.2, 0.25) is 5.91 Å². The summed E-state index contributed by atoms with van der Waals surface area (Å²) in [6, 6.07) is 17.0. The second-order valence-electron chi connectivity index (χ2n) is 6.46. The molecule has 0 unspecified atom stereocenters. The zero-order valence-electron chi connectivity index (χ0n) is 15.6. The Labute approximate surface area is 155 Å². The van der Waals surface area contributed by atoms with E-state index >= 15 is 0 Å². The van der Waals surface area contributed by atoms with Crippen LogP contribution in [0, 0.1) is 0 Å². The maximum absolute atomic E-state index is 12.4. The van der Waals surface area contributed by atoms with Gasteiger partial charge in [-0.1, -0.05) is 36.4 Å². The third kappa shape index (κ3) is 5.92. The first-order chi connectivity index (χ1) is 12.5. The Hall–Kier alpha value is -2.82. The van der Waals surface area contributed by atoms with E-state index in [9.17, 15) is 9.59 Å². The molecule has 0 saturated heterocycles. The first-order valence-electron chi connectivity index (χ1n) is 8.92. The van der Waals surface area contributed by atoms with Gasteiger partial charge in [0.25, 0.3) is 5.91 Å². The van der Waals surface area contributed by atoms with Gasteiger partial charge in [-0.05, 0) is 50.5 Å². The molecular weight excluding hydrogens is 326 g/mol. The van der Waals surface area contributed by atoms with Crippen LogP contribution in [-0.4, -0.2) is 30.9 Å². The molecule has 5 heteroatoms. The Morgan fingerprint density at radius 3 is 2.42 bits per heavy atom. The molecule has 2 amide bonds. The SMILES string of the molecule is CNC(=O)c1cccc(N[C@H](C)C(=O)N[C@@H](C)CCc2ccccc2)c1. The van der Waals surface area contributed by atoms with Gasteiger partial charge in [-0.3, -0.25) is 9.59 Å². The second-order valence-corrected chi connectivity index (χ2v) is 6.46. The van der Waals surface area contributed by atoms with Crippen molar-refractivity contribution in [3.8, 4) is 0 Å². The fourth-order valence-electron chi connectivity index (χ4n) is 2.68. The van der Waals surface area contributed by atoms with Crippen molar-refractivity contribution >= 4 is 17.5 Å². The third-order valence-corrected chi connectivity index (χ3v) is 4.23. The molecule has 138 valence electrons. The van der Waals surface area contributed by atoms with Crippen molar-refractivity contribution < 1.29 is 9.59 Å². The number of hydrogen-bond donors (Lipinski definition) is 3. The predicted molar refractivity (Wildman–Crippen MR) is 105 cm³/mol. The fraction of sp³-hybridized carbons (Fsp3) is 0.333. The van der Waals surface area contributed by atoms with E-state index in [1.807, 2.05) is 38.1 Å². The summed E-state index contributed by atoms with van der Waals surface area (Å²) in [5.41, 5.74) is 2.57. The maximum Gasteiger partial charge on any atom is 0.251 e. The monoisotopic (exact) mass is 353 g/mol. The summed E-state index contributed by atoms with van der Waals surface area (Å²) in [4.78, 5) is 24.1. The molecule has 3 N–H and O–H groups in total. The number of carbonyl (C=O) groups excluding carboxylic acids is 2. The highest BCUT2D eigenvalue weighted by Gasteiger charge is 2.15. The number of carbonyl (C=O) groups is 2. The summed E-state index contributed by atoms with van der Waals surface area (Å²) in [5, 5.41) is 8.78. The van der Waals surface area contributed by atoms with Gasteiger partial charge in [0.05, 0.1) is 0 Å². The van der Waals surface area contributed by atoms with Gasteiger partial charge in [-0.15, -0.1) is 0 Å². The van der Waals surface area contributed by atoms with Crippen LogP contribution in [0.1, 0.15) is 36.2 Å². The zero-order chi connectivity index (χ0) is 18.9. The summed E-state index contributed by atoms with van der Waals surface area (Å²) >= 11 is 0. The van der Waals surface area contributed by atoms with E-state index in [4.69, 9.17) is 0 Å². The second kappa shape index (κ2) is 9.61. The first-order valence-corrected chi connectivity index (χ1v) is 8.92. The predicted octanol–water partition coefficient (Wildman–Crippen LogP) is 2.98. The summed E-state index contributed by atoms with van der Waals surface area (Å²) < 4.78 is 0. The third-order valence-electron chi connectivity index (χ3n) is 4.23. The number of rotatable bonds is 8. The van der Waals surface area contributed by atoms with Crippen molar-refractivity contribution in [2.75, 3.05) is 12.4 Å². The molecule has 0 aliphatic carbocycles. The number of benzene rings is 2. The van der Waals surface area contributed by atoms with Crippen LogP contribution in [0.25, 0.3) is 0 Å². The molecule has 0 radical (unpaired) electrons. The van der Waals surface area contributed by atoms with Gasteiger partial charge in [0.15, 0.2) is 0 Å². The average molecular weight is 353 g/mol. The molecule has 0 spiro atoms. The van der Waals surface area contributed by atoms with Crippen molar-refractivity contribution in [2.24, 2.45) is 0 Å². The van der Waals surface area contributed by atoms with E-state index < -0.39 is 6.04 Å². The largest absolute Gasteiger partial charge is 0.374 e. The van der Waals surface area contributed by atoms with Crippen LogP contribution in [0.5, 0.6) is 0 Å². The number of nitrogens with one attached hydrogen (secondary N) is 3. The summed E-state index contributed by atoms with van der Waals surface area (Å²) in [6.45, 7) is 3.82. The molecule has 5 nitrogen and oxygen atoms in total. The average Bonchev–Trinajstić information content (AvgIpc) is 2.66. The molecule has 0 bridgehead atoms. The van der Waals surface area contributed by atoms with Crippen molar-refractivity contribution in [1.82, 2.24) is 10.6 Å². The van der Waals surface area contributed by atoms with Gasteiger partial charge in [-0.2, -0.15) is 0 Å². The molecule has 2 atom stereocenters. The maximum atomic E-state index is 12.4. The number of anilines is 1. The molecule has 0 aliphatic heterocycles. The molecule has 26 heavy (non-hydrogen) atoms. The lowest BCUT2D eigenvalue weighted by atomic mass is 10.1. The minimum Gasteiger partial charge on any atom is -0.374 e. The van der Waals surface area contributed by atoms with Crippen LogP contribution in [0.15, 0.2) is 54.6 Å². The van der Waals surface area contributed by atoms with E-state index in [-0.39, 0.29) is 17.9 Å². The van der Waals surface area contributed by atoms with Crippen molar-refractivity contribution in [2.45, 2.75) is 38.8 Å². The van der Waals surface area contributed by atoms with Gasteiger partial charge in [-0.25, -0.2) is 0 Å². The lowest BCUT2D eigenvalue weighted by Crippen LogP contribution is -2.42. The van der Waals surface area contributed by atoms with Gasteiger partial charge >= 0.3 is 0 Å². The minimum atomic E-state index is -0.394. The highest BCUT2D eigenvalue weighted by atomic mass is 16.2. The van der Waals surface area contributed by atoms with Crippen LogP contribution >= 0.6 is 0 Å². The van der Waals surface area contributed by atoms with Crippen LogP contribution in [0.2, 0.25) is 0 Å². The first kappa shape index (κ1) is 19.5. The summed E-state index contributed by atoms with van der Waals surface area (Å²) in [5.74, 6) is -0.212. The Morgan fingerprint density at radius 1 is 1.00 bits per heavy atom. The number of aryl methyl sites for hydroxylation is 1. The Morgan fingerprint density at radius 2 is 1.73 bits per heavy atom. The van der Waals surface area contributed by atoms with Crippen LogP contribution in [0.4, 0.5) is 5.69 Å². The normalized spacial score (nSPS) is 12.7. The van der Waals surface area contributed by atoms with Crippen molar-refractivity contribution in [3.63, 3.8) is 0 Å².